The predicted molar refractivity (Wildman–Crippen MR) is 50.3 cm³/mol. The van der Waals surface area contributed by atoms with Crippen molar-refractivity contribution in [3.63, 3.8) is 0 Å². The molecule has 0 unspecified atom stereocenters. The Labute approximate surface area is 70.8 Å². The number of hydrogen-bond acceptors (Lipinski definition) is 1. The molecule has 0 radical (unpaired) electrons. The smallest absolute Gasteiger partial charge is 0.133 e. The highest BCUT2D eigenvalue weighted by molar-refractivity contribution is 7.80. The van der Waals surface area contributed by atoms with Gasteiger partial charge < -0.3 is 0 Å². The predicted octanol–water partition coefficient (Wildman–Crippen LogP) is 1.99. The highest BCUT2D eigenvalue weighted by atomic mass is 32.1. The van der Waals surface area contributed by atoms with Gasteiger partial charge in [0.15, 0.2) is 0 Å². The van der Waals surface area contributed by atoms with Crippen LogP contribution in [0.1, 0.15) is 11.1 Å². The Morgan fingerprint density at radius 3 is 2.91 bits per heavy atom. The molecule has 1 aliphatic heterocycles. The first-order chi connectivity index (χ1) is 5.38. The van der Waals surface area contributed by atoms with Crippen LogP contribution < -0.4 is 0 Å². The molecule has 54 valence electrons. The van der Waals surface area contributed by atoms with Crippen molar-refractivity contribution < 1.29 is 0 Å². The summed E-state index contributed by atoms with van der Waals surface area (Å²) < 4.78 is 0. The van der Waals surface area contributed by atoms with Crippen LogP contribution in [0.2, 0.25) is 0 Å². The van der Waals surface area contributed by atoms with E-state index in [-0.39, 0.29) is 0 Å². The van der Waals surface area contributed by atoms with E-state index in [9.17, 15) is 0 Å². The average molecular weight is 161 g/mol. The Morgan fingerprint density at radius 1 is 1.27 bits per heavy atom. The molecule has 1 aliphatic rings. The molecule has 1 aromatic carbocycles. The number of aliphatic imine (C=N–C) groups is 1. The zero-order chi connectivity index (χ0) is 7.68. The third-order valence-electron chi connectivity index (χ3n) is 1.77. The minimum Gasteiger partial charge on any atom is -0.249 e. The lowest BCUT2D eigenvalue weighted by Gasteiger charge is -2.09. The molecule has 0 spiro atoms. The van der Waals surface area contributed by atoms with Gasteiger partial charge in [-0.3, -0.25) is 0 Å². The average Bonchev–Trinajstić information content (AvgIpc) is 2.06. The Kier molecular flexibility index (Phi) is 1.55. The maximum atomic E-state index is 5.06. The third kappa shape index (κ3) is 1.10. The van der Waals surface area contributed by atoms with Crippen LogP contribution >= 0.6 is 12.2 Å². The molecule has 0 aliphatic carbocycles. The molecule has 1 nitrogen and oxygen atoms in total. The lowest BCUT2D eigenvalue weighted by Crippen LogP contribution is -2.06. The number of thiocarbonyl (C=S) groups is 1. The van der Waals surface area contributed by atoms with Crippen molar-refractivity contribution in [2.75, 3.05) is 0 Å². The van der Waals surface area contributed by atoms with Crippen molar-refractivity contribution in [2.24, 2.45) is 4.99 Å². The van der Waals surface area contributed by atoms with Crippen molar-refractivity contribution in [1.29, 1.82) is 0 Å². The molecule has 2 heteroatoms. The van der Waals surface area contributed by atoms with E-state index in [0.29, 0.717) is 4.99 Å². The van der Waals surface area contributed by atoms with Gasteiger partial charge in [-0.1, -0.05) is 36.5 Å². The lowest BCUT2D eigenvalue weighted by atomic mass is 10.0. The zero-order valence-corrected chi connectivity index (χ0v) is 6.77. The van der Waals surface area contributed by atoms with Gasteiger partial charge in [0.2, 0.25) is 0 Å². The van der Waals surface area contributed by atoms with E-state index >= 15 is 0 Å². The number of nitrogens with zero attached hydrogens (tertiary/aromatic N) is 1. The number of fused-ring (bicyclic) bond motifs is 1. The van der Waals surface area contributed by atoms with Crippen LogP contribution in [0.5, 0.6) is 0 Å². The summed E-state index contributed by atoms with van der Waals surface area (Å²) in [5, 5.41) is 0. The molecular formula is C9H7NS. The van der Waals surface area contributed by atoms with E-state index in [4.69, 9.17) is 12.2 Å². The molecule has 0 N–H and O–H groups in total. The fraction of sp³-hybridized carbons (Fsp3) is 0.111. The van der Waals surface area contributed by atoms with Crippen LogP contribution in [-0.4, -0.2) is 11.2 Å². The van der Waals surface area contributed by atoms with Gasteiger partial charge in [-0.25, -0.2) is 4.99 Å². The van der Waals surface area contributed by atoms with E-state index in [1.54, 1.807) is 0 Å². The summed E-state index contributed by atoms with van der Waals surface area (Å²) in [6.45, 7) is 0. The summed E-state index contributed by atoms with van der Waals surface area (Å²) >= 11 is 5.06. The monoisotopic (exact) mass is 161 g/mol. The molecule has 0 atom stereocenters. The first kappa shape index (κ1) is 6.68. The van der Waals surface area contributed by atoms with Crippen LogP contribution in [-0.2, 0) is 6.42 Å². The van der Waals surface area contributed by atoms with Gasteiger partial charge >= 0.3 is 0 Å². The molecule has 0 amide bonds. The summed E-state index contributed by atoms with van der Waals surface area (Å²) in [7, 11) is 0. The molecule has 0 fully saturated rings. The van der Waals surface area contributed by atoms with Crippen LogP contribution in [0, 0.1) is 0 Å². The third-order valence-corrected chi connectivity index (χ3v) is 2.09. The standard InChI is InChI=1S/C9H7NS/c11-9-8-4-2-1-3-7(8)5-6-10-9/h1-4,6H,5H2. The van der Waals surface area contributed by atoms with Crippen molar-refractivity contribution in [3.05, 3.63) is 35.4 Å². The molecular weight excluding hydrogens is 154 g/mol. The number of benzene rings is 1. The van der Waals surface area contributed by atoms with Gasteiger partial charge in [0, 0.05) is 18.2 Å². The summed E-state index contributed by atoms with van der Waals surface area (Å²) in [5.74, 6) is 0. The summed E-state index contributed by atoms with van der Waals surface area (Å²) in [4.78, 5) is 4.79. The molecule has 1 heterocycles. The van der Waals surface area contributed by atoms with Crippen LogP contribution in [0.4, 0.5) is 0 Å². The van der Waals surface area contributed by atoms with E-state index in [0.717, 1.165) is 12.0 Å². The van der Waals surface area contributed by atoms with Crippen molar-refractivity contribution in [3.8, 4) is 0 Å². The number of hydrogen-bond donors (Lipinski definition) is 0. The van der Waals surface area contributed by atoms with Gasteiger partial charge in [0.05, 0.1) is 0 Å². The maximum Gasteiger partial charge on any atom is 0.133 e. The molecule has 0 saturated carbocycles. The van der Waals surface area contributed by atoms with Crippen molar-refractivity contribution >= 4 is 23.4 Å². The van der Waals surface area contributed by atoms with E-state index < -0.39 is 0 Å². The molecule has 11 heavy (non-hydrogen) atoms. The Balaban J connectivity index is 2.59. The molecule has 0 saturated heterocycles. The van der Waals surface area contributed by atoms with Gasteiger partial charge in [0.1, 0.15) is 4.99 Å². The van der Waals surface area contributed by atoms with Gasteiger partial charge in [-0.05, 0) is 5.56 Å². The van der Waals surface area contributed by atoms with Crippen LogP contribution in [0.3, 0.4) is 0 Å². The quantitative estimate of drug-likeness (QED) is 0.530. The second-order valence-corrected chi connectivity index (χ2v) is 2.86. The summed E-state index contributed by atoms with van der Waals surface area (Å²) in [6.07, 6.45) is 2.78. The topological polar surface area (TPSA) is 12.4 Å². The fourth-order valence-electron chi connectivity index (χ4n) is 1.20. The lowest BCUT2D eigenvalue weighted by molar-refractivity contribution is 1.31. The molecule has 0 aromatic heterocycles. The highest BCUT2D eigenvalue weighted by Crippen LogP contribution is 2.14. The normalized spacial score (nSPS) is 14.7. The van der Waals surface area contributed by atoms with E-state index in [2.05, 4.69) is 11.1 Å². The van der Waals surface area contributed by atoms with E-state index in [1.165, 1.54) is 5.56 Å². The first-order valence-corrected chi connectivity index (χ1v) is 3.93. The highest BCUT2D eigenvalue weighted by Gasteiger charge is 2.07. The summed E-state index contributed by atoms with van der Waals surface area (Å²) in [6, 6.07) is 8.13. The van der Waals surface area contributed by atoms with Crippen LogP contribution in [0.15, 0.2) is 29.3 Å². The fourth-order valence-corrected chi connectivity index (χ4v) is 1.48. The second kappa shape index (κ2) is 2.55. The van der Waals surface area contributed by atoms with Gasteiger partial charge in [-0.2, -0.15) is 0 Å². The summed E-state index contributed by atoms with van der Waals surface area (Å²) in [5.41, 5.74) is 2.40. The van der Waals surface area contributed by atoms with Crippen molar-refractivity contribution in [2.45, 2.75) is 6.42 Å². The van der Waals surface area contributed by atoms with Crippen molar-refractivity contribution in [1.82, 2.24) is 0 Å². The molecule has 2 rings (SSSR count). The van der Waals surface area contributed by atoms with Crippen LogP contribution in [0.25, 0.3) is 0 Å². The first-order valence-electron chi connectivity index (χ1n) is 3.53. The minimum absolute atomic E-state index is 0.715. The van der Waals surface area contributed by atoms with E-state index in [1.807, 2.05) is 24.4 Å². The minimum atomic E-state index is 0.715. The zero-order valence-electron chi connectivity index (χ0n) is 5.95. The number of rotatable bonds is 0. The SMILES string of the molecule is S=C1N=CCc2ccccc21. The molecule has 1 aromatic rings. The Bertz CT molecular complexity index is 328. The Morgan fingerprint density at radius 2 is 2.09 bits per heavy atom. The second-order valence-electron chi connectivity index (χ2n) is 2.48. The maximum absolute atomic E-state index is 5.06. The van der Waals surface area contributed by atoms with Gasteiger partial charge in [0.25, 0.3) is 0 Å². The van der Waals surface area contributed by atoms with Gasteiger partial charge in [-0.15, -0.1) is 0 Å². The molecule has 0 bridgehead atoms. The Hall–Kier alpha value is -1.02. The largest absolute Gasteiger partial charge is 0.249 e.